The Morgan fingerprint density at radius 3 is 2.32 bits per heavy atom. The highest BCUT2D eigenvalue weighted by Crippen LogP contribution is 2.17. The van der Waals surface area contributed by atoms with E-state index in [0.717, 1.165) is 12.7 Å². The van der Waals surface area contributed by atoms with E-state index in [0.29, 0.717) is 0 Å². The number of aliphatic hydroxyl groups excluding tert-OH is 1. The Bertz CT molecular complexity index is 572. The number of nitrogens with one attached hydrogen (secondary N) is 1. The van der Waals surface area contributed by atoms with Crippen LogP contribution < -0.4 is 5.32 Å². The molecule has 0 radical (unpaired) electrons. The Labute approximate surface area is 147 Å². The van der Waals surface area contributed by atoms with Crippen molar-refractivity contribution in [1.29, 1.82) is 0 Å². The van der Waals surface area contributed by atoms with E-state index in [1.807, 2.05) is 30.3 Å². The number of hydrogen-bond acceptors (Lipinski definition) is 6. The van der Waals surface area contributed by atoms with E-state index in [4.69, 9.17) is 4.74 Å². The van der Waals surface area contributed by atoms with Gasteiger partial charge < -0.3 is 19.9 Å². The molecule has 7 heteroatoms. The Balaban J connectivity index is 2.61. The summed E-state index contributed by atoms with van der Waals surface area (Å²) in [4.78, 5) is 35.8. The lowest BCUT2D eigenvalue weighted by Gasteiger charge is -2.22. The van der Waals surface area contributed by atoms with Crippen LogP contribution in [0.2, 0.25) is 0 Å². The number of benzene rings is 1. The molecule has 0 aliphatic carbocycles. The molecule has 0 saturated heterocycles. The van der Waals surface area contributed by atoms with Crippen molar-refractivity contribution in [2.24, 2.45) is 11.8 Å². The van der Waals surface area contributed by atoms with Gasteiger partial charge in [0.1, 0.15) is 6.61 Å². The third-order valence-corrected chi connectivity index (χ3v) is 3.76. The lowest BCUT2D eigenvalue weighted by Crippen LogP contribution is -2.47. The smallest absolute Gasteiger partial charge is 0.330 e. The molecule has 1 aromatic rings. The average molecular weight is 351 g/mol. The highest BCUT2D eigenvalue weighted by atomic mass is 16.5. The zero-order valence-electron chi connectivity index (χ0n) is 14.7. The largest absolute Gasteiger partial charge is 0.467 e. The molecule has 2 atom stereocenters. The fraction of sp³-hybridized carbons (Fsp3) is 0.500. The van der Waals surface area contributed by atoms with Crippen LogP contribution in [0.1, 0.15) is 25.8 Å². The zero-order chi connectivity index (χ0) is 18.8. The topological polar surface area (TPSA) is 102 Å². The lowest BCUT2D eigenvalue weighted by molar-refractivity contribution is -0.150. The molecule has 0 spiro atoms. The first-order valence-electron chi connectivity index (χ1n) is 8.07. The Hall–Kier alpha value is -2.41. The third kappa shape index (κ3) is 6.93. The molecule has 1 rings (SSSR count). The van der Waals surface area contributed by atoms with Crippen molar-refractivity contribution in [2.75, 3.05) is 13.7 Å². The van der Waals surface area contributed by atoms with Crippen LogP contribution >= 0.6 is 0 Å². The van der Waals surface area contributed by atoms with E-state index in [1.165, 1.54) is 0 Å². The van der Waals surface area contributed by atoms with Gasteiger partial charge in [0.2, 0.25) is 5.91 Å². The van der Waals surface area contributed by atoms with Crippen LogP contribution in [0.5, 0.6) is 0 Å². The fourth-order valence-corrected chi connectivity index (χ4v) is 2.21. The van der Waals surface area contributed by atoms with Crippen molar-refractivity contribution in [3.05, 3.63) is 35.9 Å². The quantitative estimate of drug-likeness (QED) is 0.645. The van der Waals surface area contributed by atoms with Gasteiger partial charge in [-0.3, -0.25) is 9.59 Å². The van der Waals surface area contributed by atoms with Gasteiger partial charge in [-0.25, -0.2) is 4.79 Å². The summed E-state index contributed by atoms with van der Waals surface area (Å²) >= 11 is 0. The van der Waals surface area contributed by atoms with Gasteiger partial charge in [0.15, 0.2) is 6.04 Å². The van der Waals surface area contributed by atoms with Crippen LogP contribution in [0, 0.1) is 11.8 Å². The normalized spacial score (nSPS) is 13.0. The zero-order valence-corrected chi connectivity index (χ0v) is 14.7. The molecule has 0 unspecified atom stereocenters. The summed E-state index contributed by atoms with van der Waals surface area (Å²) in [6.45, 7) is 3.14. The second-order valence-corrected chi connectivity index (χ2v) is 5.97. The van der Waals surface area contributed by atoms with Crippen molar-refractivity contribution in [1.82, 2.24) is 5.32 Å². The van der Waals surface area contributed by atoms with Crippen molar-refractivity contribution in [3.63, 3.8) is 0 Å². The fourth-order valence-electron chi connectivity index (χ4n) is 2.21. The first-order chi connectivity index (χ1) is 11.9. The van der Waals surface area contributed by atoms with Gasteiger partial charge >= 0.3 is 11.9 Å². The molecule has 0 heterocycles. The van der Waals surface area contributed by atoms with E-state index in [9.17, 15) is 19.5 Å². The first kappa shape index (κ1) is 20.6. The van der Waals surface area contributed by atoms with E-state index in [1.54, 1.807) is 13.8 Å². The molecule has 1 amide bonds. The third-order valence-electron chi connectivity index (χ3n) is 3.76. The van der Waals surface area contributed by atoms with Crippen LogP contribution in [-0.2, 0) is 30.5 Å². The van der Waals surface area contributed by atoms with Crippen molar-refractivity contribution < 1.29 is 29.0 Å². The van der Waals surface area contributed by atoms with Gasteiger partial charge in [-0.15, -0.1) is 0 Å². The van der Waals surface area contributed by atoms with Crippen molar-refractivity contribution >= 4 is 17.8 Å². The maximum atomic E-state index is 12.3. The highest BCUT2D eigenvalue weighted by molar-refractivity contribution is 5.88. The molecule has 7 nitrogen and oxygen atoms in total. The second kappa shape index (κ2) is 10.5. The Morgan fingerprint density at radius 1 is 1.16 bits per heavy atom. The molecule has 2 N–H and O–H groups in total. The summed E-state index contributed by atoms with van der Waals surface area (Å²) in [6.07, 6.45) is -0.115. The summed E-state index contributed by atoms with van der Waals surface area (Å²) in [5.74, 6) is -2.58. The second-order valence-electron chi connectivity index (χ2n) is 5.97. The minimum Gasteiger partial charge on any atom is -0.467 e. The summed E-state index contributed by atoms with van der Waals surface area (Å²) < 4.78 is 9.71. The molecule has 0 saturated carbocycles. The van der Waals surface area contributed by atoms with Crippen LogP contribution in [0.4, 0.5) is 0 Å². The predicted octanol–water partition coefficient (Wildman–Crippen LogP) is 1.04. The van der Waals surface area contributed by atoms with Crippen molar-refractivity contribution in [3.8, 4) is 0 Å². The summed E-state index contributed by atoms with van der Waals surface area (Å²) in [7, 11) is 1.16. The molecule has 1 aromatic carbocycles. The summed E-state index contributed by atoms with van der Waals surface area (Å²) in [5, 5.41) is 11.6. The maximum Gasteiger partial charge on any atom is 0.330 e. The molecule has 25 heavy (non-hydrogen) atoms. The number of methoxy groups -OCH3 is 1. The van der Waals surface area contributed by atoms with Gasteiger partial charge in [-0.1, -0.05) is 44.2 Å². The average Bonchev–Trinajstić information content (AvgIpc) is 2.62. The number of carbonyl (C=O) groups is 3. The van der Waals surface area contributed by atoms with Crippen LogP contribution in [0.3, 0.4) is 0 Å². The van der Waals surface area contributed by atoms with Crippen LogP contribution in [0.15, 0.2) is 30.3 Å². The number of carbonyl (C=O) groups excluding carboxylic acids is 3. The molecule has 0 fully saturated rings. The predicted molar refractivity (Wildman–Crippen MR) is 90.2 cm³/mol. The van der Waals surface area contributed by atoms with E-state index < -0.39 is 36.4 Å². The number of ether oxygens (including phenoxy) is 2. The lowest BCUT2D eigenvalue weighted by atomic mass is 9.91. The van der Waals surface area contributed by atoms with E-state index >= 15 is 0 Å². The van der Waals surface area contributed by atoms with Gasteiger partial charge in [-0.2, -0.15) is 0 Å². The number of esters is 2. The van der Waals surface area contributed by atoms with Gasteiger partial charge in [0.25, 0.3) is 0 Å². The molecule has 138 valence electrons. The summed E-state index contributed by atoms with van der Waals surface area (Å²) in [5.41, 5.74) is 0.854. The van der Waals surface area contributed by atoms with E-state index in [2.05, 4.69) is 10.1 Å². The number of amides is 1. The molecule has 0 bridgehead atoms. The van der Waals surface area contributed by atoms with Crippen LogP contribution in [-0.4, -0.2) is 42.7 Å². The number of hydrogen-bond donors (Lipinski definition) is 2. The van der Waals surface area contributed by atoms with Gasteiger partial charge in [0, 0.05) is 0 Å². The number of aliphatic hydroxyl groups is 1. The SMILES string of the molecule is COC(=O)[C@H](CO)NC(=O)[C@@H](CC(=O)OCc1ccccc1)C(C)C. The Kier molecular flexibility index (Phi) is 8.63. The number of rotatable bonds is 9. The van der Waals surface area contributed by atoms with Gasteiger partial charge in [-0.05, 0) is 11.5 Å². The Morgan fingerprint density at radius 2 is 1.80 bits per heavy atom. The standard InChI is InChI=1S/C18H25NO6/c1-12(2)14(17(22)19-15(10-20)18(23)24-3)9-16(21)25-11-13-7-5-4-6-8-13/h4-8,12,14-15,20H,9-11H2,1-3H3,(H,19,22)/t14-,15-/m0/s1. The minimum atomic E-state index is -1.15. The summed E-state index contributed by atoms with van der Waals surface area (Å²) in [6, 6.07) is 8.07. The monoisotopic (exact) mass is 351 g/mol. The molecule has 0 aliphatic heterocycles. The van der Waals surface area contributed by atoms with Crippen molar-refractivity contribution in [2.45, 2.75) is 32.9 Å². The molecule has 0 aliphatic rings. The molecular weight excluding hydrogens is 326 g/mol. The van der Waals surface area contributed by atoms with Crippen LogP contribution in [0.25, 0.3) is 0 Å². The molecule has 0 aromatic heterocycles. The maximum absolute atomic E-state index is 12.3. The minimum absolute atomic E-state index is 0.115. The highest BCUT2D eigenvalue weighted by Gasteiger charge is 2.29. The molecular formula is C18H25NO6. The van der Waals surface area contributed by atoms with Gasteiger partial charge in [0.05, 0.1) is 26.1 Å². The first-order valence-corrected chi connectivity index (χ1v) is 8.07. The van der Waals surface area contributed by atoms with E-state index in [-0.39, 0.29) is 18.9 Å².